The lowest BCUT2D eigenvalue weighted by atomic mass is 9.86. The van der Waals surface area contributed by atoms with E-state index in [1.54, 1.807) is 0 Å². The second kappa shape index (κ2) is 4.93. The highest BCUT2D eigenvalue weighted by Gasteiger charge is 2.33. The van der Waals surface area contributed by atoms with Crippen LogP contribution in [-0.4, -0.2) is 22.6 Å². The topological polar surface area (TPSA) is 29.9 Å². The number of hydrogen-bond acceptors (Lipinski definition) is 2. The van der Waals surface area contributed by atoms with Crippen molar-refractivity contribution >= 4 is 27.5 Å². The minimum Gasteiger partial charge on any atom is -0.316 e. The zero-order valence-corrected chi connectivity index (χ0v) is 13.0. The summed E-state index contributed by atoms with van der Waals surface area (Å²) in [7, 11) is 0. The Hall–Kier alpha value is -0.840. The van der Waals surface area contributed by atoms with Gasteiger partial charge in [0.2, 0.25) is 0 Å². The first-order valence-corrected chi connectivity index (χ1v) is 7.46. The minimum atomic E-state index is 0.118. The van der Waals surface area contributed by atoms with Crippen molar-refractivity contribution in [3.05, 3.63) is 45.9 Å². The molecule has 2 aromatic rings. The van der Waals surface area contributed by atoms with E-state index in [-0.39, 0.29) is 5.41 Å². The summed E-state index contributed by atoms with van der Waals surface area (Å²) in [6.45, 7) is 4.30. The number of nitrogens with zero attached hydrogens (tertiary/aromatic N) is 2. The van der Waals surface area contributed by atoms with Crippen LogP contribution in [0, 0.1) is 0 Å². The quantitative estimate of drug-likeness (QED) is 0.906. The van der Waals surface area contributed by atoms with Crippen molar-refractivity contribution in [3.63, 3.8) is 0 Å². The van der Waals surface area contributed by atoms with Gasteiger partial charge in [-0.1, -0.05) is 34.5 Å². The van der Waals surface area contributed by atoms with E-state index in [1.165, 1.54) is 5.69 Å². The molecule has 1 saturated heterocycles. The van der Waals surface area contributed by atoms with Crippen LogP contribution >= 0.6 is 27.5 Å². The van der Waals surface area contributed by atoms with Gasteiger partial charge in [0.05, 0.1) is 17.0 Å². The number of hydrogen-bond donors (Lipinski definition) is 1. The second-order valence-corrected chi connectivity index (χ2v) is 6.55. The molecular weight excluding hydrogens is 326 g/mol. The van der Waals surface area contributed by atoms with Gasteiger partial charge in [-0.15, -0.1) is 0 Å². The lowest BCUT2D eigenvalue weighted by Gasteiger charge is -2.24. The molecule has 0 bridgehead atoms. The molecule has 1 aromatic carbocycles. The van der Waals surface area contributed by atoms with Crippen LogP contribution < -0.4 is 5.32 Å². The van der Waals surface area contributed by atoms with Crippen molar-refractivity contribution in [2.75, 3.05) is 13.1 Å². The number of aromatic nitrogens is 2. The van der Waals surface area contributed by atoms with Crippen LogP contribution in [0.25, 0.3) is 5.69 Å². The van der Waals surface area contributed by atoms with Crippen LogP contribution in [0.15, 0.2) is 35.2 Å². The molecule has 0 spiro atoms. The van der Waals surface area contributed by atoms with Gasteiger partial charge in [0.15, 0.2) is 0 Å². The molecule has 0 aliphatic carbocycles. The largest absolute Gasteiger partial charge is 0.316 e. The maximum Gasteiger partial charge on any atom is 0.0994 e. The van der Waals surface area contributed by atoms with Crippen molar-refractivity contribution in [1.82, 2.24) is 14.9 Å². The van der Waals surface area contributed by atoms with Gasteiger partial charge in [0.1, 0.15) is 0 Å². The summed E-state index contributed by atoms with van der Waals surface area (Å²) in [4.78, 5) is 4.32. The van der Waals surface area contributed by atoms with Crippen LogP contribution in [0.1, 0.15) is 19.0 Å². The highest BCUT2D eigenvalue weighted by Crippen LogP contribution is 2.33. The van der Waals surface area contributed by atoms with E-state index in [9.17, 15) is 0 Å². The molecule has 2 heterocycles. The summed E-state index contributed by atoms with van der Waals surface area (Å²) in [5.41, 5.74) is 2.31. The Morgan fingerprint density at radius 1 is 1.47 bits per heavy atom. The van der Waals surface area contributed by atoms with Gasteiger partial charge in [0, 0.05) is 28.3 Å². The van der Waals surface area contributed by atoms with E-state index >= 15 is 0 Å². The maximum atomic E-state index is 6.35. The molecule has 1 aliphatic rings. The van der Waals surface area contributed by atoms with Crippen molar-refractivity contribution < 1.29 is 0 Å². The second-order valence-electron chi connectivity index (χ2n) is 5.23. The van der Waals surface area contributed by atoms with E-state index < -0.39 is 0 Å². The average Bonchev–Trinajstić information content (AvgIpc) is 2.98. The molecule has 1 atom stereocenters. The van der Waals surface area contributed by atoms with Crippen LogP contribution in [-0.2, 0) is 5.41 Å². The first kappa shape index (κ1) is 13.2. The van der Waals surface area contributed by atoms with Crippen LogP contribution in [0.5, 0.6) is 0 Å². The SMILES string of the molecule is CC1(c2cncn2-c2ccc(Br)cc2Cl)CCNC1. The van der Waals surface area contributed by atoms with Crippen LogP contribution in [0.3, 0.4) is 0 Å². The molecule has 1 fully saturated rings. The smallest absolute Gasteiger partial charge is 0.0994 e. The number of imidazole rings is 1. The minimum absolute atomic E-state index is 0.118. The van der Waals surface area contributed by atoms with E-state index in [0.717, 1.165) is 34.7 Å². The van der Waals surface area contributed by atoms with Gasteiger partial charge in [-0.2, -0.15) is 0 Å². The van der Waals surface area contributed by atoms with Gasteiger partial charge in [-0.05, 0) is 31.2 Å². The summed E-state index contributed by atoms with van der Waals surface area (Å²) in [6.07, 6.45) is 4.91. The maximum absolute atomic E-state index is 6.35. The van der Waals surface area contributed by atoms with Gasteiger partial charge in [-0.3, -0.25) is 0 Å². The van der Waals surface area contributed by atoms with Gasteiger partial charge >= 0.3 is 0 Å². The molecule has 1 aliphatic heterocycles. The fourth-order valence-electron chi connectivity index (χ4n) is 2.65. The van der Waals surface area contributed by atoms with Crippen LogP contribution in [0.2, 0.25) is 5.02 Å². The Bertz CT molecular complexity index is 602. The van der Waals surface area contributed by atoms with Gasteiger partial charge < -0.3 is 9.88 Å². The Kier molecular flexibility index (Phi) is 3.41. The Morgan fingerprint density at radius 3 is 3.00 bits per heavy atom. The van der Waals surface area contributed by atoms with E-state index in [1.807, 2.05) is 30.7 Å². The molecule has 3 rings (SSSR count). The molecule has 0 saturated carbocycles. The van der Waals surface area contributed by atoms with Crippen molar-refractivity contribution in [2.24, 2.45) is 0 Å². The monoisotopic (exact) mass is 339 g/mol. The molecule has 1 aromatic heterocycles. The number of nitrogens with one attached hydrogen (secondary N) is 1. The molecule has 1 unspecified atom stereocenters. The Labute approximate surface area is 126 Å². The zero-order chi connectivity index (χ0) is 13.5. The summed E-state index contributed by atoms with van der Waals surface area (Å²) >= 11 is 9.79. The molecule has 1 N–H and O–H groups in total. The predicted molar refractivity (Wildman–Crippen MR) is 81.1 cm³/mol. The van der Waals surface area contributed by atoms with Crippen molar-refractivity contribution in [3.8, 4) is 5.69 Å². The summed E-state index contributed by atoms with van der Waals surface area (Å²) in [5.74, 6) is 0. The fraction of sp³-hybridized carbons (Fsp3) is 0.357. The average molecular weight is 341 g/mol. The lowest BCUT2D eigenvalue weighted by molar-refractivity contribution is 0.499. The normalized spacial score (nSPS) is 22.9. The number of benzene rings is 1. The van der Waals surface area contributed by atoms with Gasteiger partial charge in [0.25, 0.3) is 0 Å². The summed E-state index contributed by atoms with van der Waals surface area (Å²) in [5, 5.41) is 4.15. The Morgan fingerprint density at radius 2 is 2.32 bits per heavy atom. The van der Waals surface area contributed by atoms with E-state index in [4.69, 9.17) is 11.6 Å². The fourth-order valence-corrected chi connectivity index (χ4v) is 3.41. The molecule has 19 heavy (non-hydrogen) atoms. The molecule has 100 valence electrons. The molecule has 3 nitrogen and oxygen atoms in total. The van der Waals surface area contributed by atoms with Crippen molar-refractivity contribution in [2.45, 2.75) is 18.8 Å². The molecule has 5 heteroatoms. The predicted octanol–water partition coefficient (Wildman–Crippen LogP) is 3.54. The van der Waals surface area contributed by atoms with E-state index in [0.29, 0.717) is 0 Å². The molecule has 0 amide bonds. The van der Waals surface area contributed by atoms with Gasteiger partial charge in [-0.25, -0.2) is 4.98 Å². The lowest BCUT2D eigenvalue weighted by Crippen LogP contribution is -2.27. The Balaban J connectivity index is 2.09. The summed E-state index contributed by atoms with van der Waals surface area (Å²) in [6, 6.07) is 5.93. The highest BCUT2D eigenvalue weighted by molar-refractivity contribution is 9.10. The third-order valence-corrected chi connectivity index (χ3v) is 4.59. The first-order chi connectivity index (χ1) is 9.10. The van der Waals surface area contributed by atoms with Crippen LogP contribution in [0.4, 0.5) is 0 Å². The first-order valence-electron chi connectivity index (χ1n) is 6.29. The third kappa shape index (κ3) is 2.33. The summed E-state index contributed by atoms with van der Waals surface area (Å²) < 4.78 is 3.08. The highest BCUT2D eigenvalue weighted by atomic mass is 79.9. The van der Waals surface area contributed by atoms with Crippen molar-refractivity contribution in [1.29, 1.82) is 0 Å². The standard InChI is InChI=1S/C14H15BrClN3/c1-14(4-5-17-8-14)13-7-18-9-19(13)12-3-2-10(15)6-11(12)16/h2-3,6-7,9,17H,4-5,8H2,1H3. The third-order valence-electron chi connectivity index (χ3n) is 3.79. The number of halogens is 2. The number of rotatable bonds is 2. The molecular formula is C14H15BrClN3. The van der Waals surface area contributed by atoms with E-state index in [2.05, 4.69) is 37.7 Å². The zero-order valence-electron chi connectivity index (χ0n) is 10.7. The molecule has 0 radical (unpaired) electrons.